The Morgan fingerprint density at radius 3 is 2.77 bits per heavy atom. The SMILES string of the molecule is CCNC(=NCCc1ccccc1F)NC1CCCC(S(=O)CC)C1.I. The number of hydrogen-bond acceptors (Lipinski definition) is 2. The molecule has 0 heterocycles. The first-order valence-electron chi connectivity index (χ1n) is 9.29. The summed E-state index contributed by atoms with van der Waals surface area (Å²) < 4.78 is 25.8. The van der Waals surface area contributed by atoms with E-state index in [-0.39, 0.29) is 35.0 Å². The predicted octanol–water partition coefficient (Wildman–Crippen LogP) is 3.62. The topological polar surface area (TPSA) is 53.5 Å². The second kappa shape index (κ2) is 12.6. The van der Waals surface area contributed by atoms with Crippen LogP contribution in [0.1, 0.15) is 45.1 Å². The number of nitrogens with zero attached hydrogens (tertiary/aromatic N) is 1. The lowest BCUT2D eigenvalue weighted by atomic mass is 9.95. The summed E-state index contributed by atoms with van der Waals surface area (Å²) >= 11 is 0. The van der Waals surface area contributed by atoms with Crippen LogP contribution in [-0.2, 0) is 17.2 Å². The summed E-state index contributed by atoms with van der Waals surface area (Å²) in [6.07, 6.45) is 4.74. The highest BCUT2D eigenvalue weighted by Crippen LogP contribution is 2.23. The minimum absolute atomic E-state index is 0. The molecular formula is C19H31FIN3OS. The van der Waals surface area contributed by atoms with Gasteiger partial charge in [0.1, 0.15) is 5.82 Å². The summed E-state index contributed by atoms with van der Waals surface area (Å²) in [4.78, 5) is 4.59. The summed E-state index contributed by atoms with van der Waals surface area (Å²) in [5.41, 5.74) is 0.693. The van der Waals surface area contributed by atoms with Crippen molar-refractivity contribution < 1.29 is 8.60 Å². The lowest BCUT2D eigenvalue weighted by molar-refractivity contribution is 0.413. The molecule has 2 N–H and O–H groups in total. The number of guanidine groups is 1. The van der Waals surface area contributed by atoms with Gasteiger partial charge in [0.05, 0.1) is 0 Å². The monoisotopic (exact) mass is 495 g/mol. The van der Waals surface area contributed by atoms with Crippen molar-refractivity contribution in [3.63, 3.8) is 0 Å². The van der Waals surface area contributed by atoms with Crippen molar-refractivity contribution in [2.75, 3.05) is 18.8 Å². The fourth-order valence-electron chi connectivity index (χ4n) is 3.25. The Kier molecular flexibility index (Phi) is 11.4. The molecule has 1 aromatic carbocycles. The maximum atomic E-state index is 13.7. The highest BCUT2D eigenvalue weighted by molar-refractivity contribution is 14.0. The molecule has 1 aromatic rings. The number of rotatable bonds is 7. The Morgan fingerprint density at radius 2 is 2.08 bits per heavy atom. The molecule has 3 unspecified atom stereocenters. The van der Waals surface area contributed by atoms with Crippen LogP contribution in [0.5, 0.6) is 0 Å². The molecule has 3 atom stereocenters. The predicted molar refractivity (Wildman–Crippen MR) is 119 cm³/mol. The average molecular weight is 495 g/mol. The smallest absolute Gasteiger partial charge is 0.191 e. The van der Waals surface area contributed by atoms with E-state index >= 15 is 0 Å². The van der Waals surface area contributed by atoms with Crippen LogP contribution in [0.15, 0.2) is 29.3 Å². The van der Waals surface area contributed by atoms with Crippen molar-refractivity contribution in [1.82, 2.24) is 10.6 Å². The van der Waals surface area contributed by atoms with E-state index in [1.54, 1.807) is 12.1 Å². The molecule has 0 amide bonds. The van der Waals surface area contributed by atoms with Gasteiger partial charge in [-0.05, 0) is 44.2 Å². The minimum atomic E-state index is -0.728. The Hall–Kier alpha value is -0.700. The van der Waals surface area contributed by atoms with Gasteiger partial charge < -0.3 is 10.6 Å². The minimum Gasteiger partial charge on any atom is -0.357 e. The van der Waals surface area contributed by atoms with E-state index in [9.17, 15) is 8.60 Å². The highest BCUT2D eigenvalue weighted by Gasteiger charge is 2.25. The zero-order valence-corrected chi connectivity index (χ0v) is 18.8. The van der Waals surface area contributed by atoms with Crippen molar-refractivity contribution in [3.8, 4) is 0 Å². The first-order valence-corrected chi connectivity index (χ1v) is 10.7. The zero-order chi connectivity index (χ0) is 18.1. The quantitative estimate of drug-likeness (QED) is 0.345. The molecule has 4 nitrogen and oxygen atoms in total. The molecule has 0 bridgehead atoms. The van der Waals surface area contributed by atoms with Crippen LogP contribution in [0.25, 0.3) is 0 Å². The van der Waals surface area contributed by atoms with Gasteiger partial charge in [-0.3, -0.25) is 9.20 Å². The lowest BCUT2D eigenvalue weighted by Gasteiger charge is -2.30. The van der Waals surface area contributed by atoms with Gasteiger partial charge in [0.2, 0.25) is 0 Å². The Morgan fingerprint density at radius 1 is 1.31 bits per heavy atom. The van der Waals surface area contributed by atoms with Crippen LogP contribution in [0.4, 0.5) is 4.39 Å². The van der Waals surface area contributed by atoms with Crippen molar-refractivity contribution >= 4 is 40.7 Å². The number of hydrogen-bond donors (Lipinski definition) is 2. The van der Waals surface area contributed by atoms with E-state index in [1.807, 2.05) is 19.9 Å². The molecule has 148 valence electrons. The molecule has 0 radical (unpaired) electrons. The van der Waals surface area contributed by atoms with Crippen LogP contribution in [0.2, 0.25) is 0 Å². The van der Waals surface area contributed by atoms with E-state index in [4.69, 9.17) is 0 Å². The number of nitrogens with one attached hydrogen (secondary N) is 2. The van der Waals surface area contributed by atoms with E-state index in [1.165, 1.54) is 6.07 Å². The molecule has 26 heavy (non-hydrogen) atoms. The normalized spacial score (nSPS) is 21.6. The van der Waals surface area contributed by atoms with Gasteiger partial charge in [0.25, 0.3) is 0 Å². The molecule has 0 aromatic heterocycles. The zero-order valence-electron chi connectivity index (χ0n) is 15.7. The van der Waals surface area contributed by atoms with Gasteiger partial charge in [0.15, 0.2) is 5.96 Å². The molecule has 1 saturated carbocycles. The lowest BCUT2D eigenvalue weighted by Crippen LogP contribution is -2.46. The van der Waals surface area contributed by atoms with Crippen molar-refractivity contribution in [2.45, 2.75) is 57.2 Å². The fourth-order valence-corrected chi connectivity index (χ4v) is 4.60. The van der Waals surface area contributed by atoms with Crippen molar-refractivity contribution in [3.05, 3.63) is 35.6 Å². The van der Waals surface area contributed by atoms with Gasteiger partial charge in [-0.25, -0.2) is 4.39 Å². The van der Waals surface area contributed by atoms with Crippen molar-refractivity contribution in [2.24, 2.45) is 4.99 Å². The van der Waals surface area contributed by atoms with Crippen LogP contribution >= 0.6 is 24.0 Å². The van der Waals surface area contributed by atoms with E-state index < -0.39 is 10.8 Å². The largest absolute Gasteiger partial charge is 0.357 e. The fraction of sp³-hybridized carbons (Fsp3) is 0.632. The van der Waals surface area contributed by atoms with E-state index in [2.05, 4.69) is 15.6 Å². The third-order valence-electron chi connectivity index (χ3n) is 4.58. The molecule has 0 aliphatic heterocycles. The van der Waals surface area contributed by atoms with Crippen LogP contribution in [0.3, 0.4) is 0 Å². The van der Waals surface area contributed by atoms with Crippen molar-refractivity contribution in [1.29, 1.82) is 0 Å². The Balaban J connectivity index is 0.00000338. The second-order valence-corrected chi connectivity index (χ2v) is 8.41. The number of halogens is 2. The summed E-state index contributed by atoms with van der Waals surface area (Å²) in [5, 5.41) is 7.02. The summed E-state index contributed by atoms with van der Waals surface area (Å²) in [6, 6.07) is 7.14. The third kappa shape index (κ3) is 7.50. The van der Waals surface area contributed by atoms with Gasteiger partial charge in [0, 0.05) is 40.9 Å². The summed E-state index contributed by atoms with van der Waals surface area (Å²) in [5.74, 6) is 1.33. The number of benzene rings is 1. The first kappa shape index (κ1) is 23.3. The van der Waals surface area contributed by atoms with Gasteiger partial charge in [-0.2, -0.15) is 0 Å². The third-order valence-corrected chi connectivity index (χ3v) is 6.32. The van der Waals surface area contributed by atoms with E-state index in [0.29, 0.717) is 24.6 Å². The highest BCUT2D eigenvalue weighted by atomic mass is 127. The van der Waals surface area contributed by atoms with Crippen LogP contribution in [0, 0.1) is 5.82 Å². The Bertz CT molecular complexity index is 600. The molecule has 0 saturated heterocycles. The number of aliphatic imine (C=N–C) groups is 1. The van der Waals surface area contributed by atoms with Crippen LogP contribution in [-0.4, -0.2) is 40.3 Å². The van der Waals surface area contributed by atoms with Gasteiger partial charge in [-0.1, -0.05) is 31.5 Å². The molecule has 1 aliphatic carbocycles. The maximum Gasteiger partial charge on any atom is 0.191 e. The molecule has 2 rings (SSSR count). The van der Waals surface area contributed by atoms with Crippen LogP contribution < -0.4 is 10.6 Å². The Labute approximate surface area is 176 Å². The maximum absolute atomic E-state index is 13.7. The average Bonchev–Trinajstić information content (AvgIpc) is 2.63. The molecular weight excluding hydrogens is 464 g/mol. The standard InChI is InChI=1S/C19H30FN3OS.HI/c1-3-21-19(22-13-12-15-8-5-6-11-18(15)20)23-16-9-7-10-17(14-16)25(24)4-2;/h5-6,8,11,16-17H,3-4,7,9-10,12-14H2,1-2H3,(H2,21,22,23);1H. The summed E-state index contributed by atoms with van der Waals surface area (Å²) in [7, 11) is -0.728. The van der Waals surface area contributed by atoms with Gasteiger partial charge >= 0.3 is 0 Å². The first-order chi connectivity index (χ1) is 12.1. The molecule has 1 fully saturated rings. The molecule has 1 aliphatic rings. The molecule has 0 spiro atoms. The van der Waals surface area contributed by atoms with E-state index in [0.717, 1.165) is 43.9 Å². The van der Waals surface area contributed by atoms with Gasteiger partial charge in [-0.15, -0.1) is 24.0 Å². The second-order valence-electron chi connectivity index (χ2n) is 6.40. The molecule has 7 heteroatoms. The summed E-state index contributed by atoms with van der Waals surface area (Å²) in [6.45, 7) is 5.33.